The molecule has 1 unspecified atom stereocenters. The first-order valence-corrected chi connectivity index (χ1v) is 7.20. The summed E-state index contributed by atoms with van der Waals surface area (Å²) in [5.41, 5.74) is 1.10. The SMILES string of the molecule is COCCCCNC(C)c1nc2ccccc2s1. The van der Waals surface area contributed by atoms with Gasteiger partial charge >= 0.3 is 0 Å². The summed E-state index contributed by atoms with van der Waals surface area (Å²) in [6, 6.07) is 8.62. The molecule has 1 heterocycles. The van der Waals surface area contributed by atoms with Gasteiger partial charge in [0, 0.05) is 13.7 Å². The van der Waals surface area contributed by atoms with E-state index in [0.29, 0.717) is 6.04 Å². The van der Waals surface area contributed by atoms with E-state index < -0.39 is 0 Å². The maximum absolute atomic E-state index is 5.04. The third kappa shape index (κ3) is 3.51. The van der Waals surface area contributed by atoms with Gasteiger partial charge in [0.1, 0.15) is 5.01 Å². The molecular formula is C14H20N2OS. The first-order chi connectivity index (χ1) is 8.81. The van der Waals surface area contributed by atoms with Crippen molar-refractivity contribution in [1.82, 2.24) is 10.3 Å². The summed E-state index contributed by atoms with van der Waals surface area (Å²) < 4.78 is 6.30. The first-order valence-electron chi connectivity index (χ1n) is 6.39. The van der Waals surface area contributed by atoms with Crippen molar-refractivity contribution in [3.8, 4) is 0 Å². The van der Waals surface area contributed by atoms with Crippen molar-refractivity contribution in [2.45, 2.75) is 25.8 Å². The number of methoxy groups -OCH3 is 1. The number of thiazole rings is 1. The lowest BCUT2D eigenvalue weighted by molar-refractivity contribution is 0.192. The molecule has 1 N–H and O–H groups in total. The van der Waals surface area contributed by atoms with Crippen LogP contribution in [0.4, 0.5) is 0 Å². The zero-order chi connectivity index (χ0) is 12.8. The van der Waals surface area contributed by atoms with E-state index in [9.17, 15) is 0 Å². The monoisotopic (exact) mass is 264 g/mol. The summed E-state index contributed by atoms with van der Waals surface area (Å²) in [6.45, 7) is 4.03. The van der Waals surface area contributed by atoms with Gasteiger partial charge in [0.05, 0.1) is 16.3 Å². The molecule has 3 nitrogen and oxygen atoms in total. The summed E-state index contributed by atoms with van der Waals surface area (Å²) in [4.78, 5) is 4.66. The maximum atomic E-state index is 5.04. The normalized spacial score (nSPS) is 13.0. The van der Waals surface area contributed by atoms with Crippen molar-refractivity contribution in [3.63, 3.8) is 0 Å². The lowest BCUT2D eigenvalue weighted by Crippen LogP contribution is -2.19. The Morgan fingerprint density at radius 3 is 2.94 bits per heavy atom. The molecule has 0 spiro atoms. The van der Waals surface area contributed by atoms with Gasteiger partial charge in [-0.25, -0.2) is 4.98 Å². The number of nitrogens with one attached hydrogen (secondary N) is 1. The third-order valence-corrected chi connectivity index (χ3v) is 4.13. The minimum absolute atomic E-state index is 0.324. The minimum Gasteiger partial charge on any atom is -0.385 e. The molecule has 0 bridgehead atoms. The zero-order valence-electron chi connectivity index (χ0n) is 11.0. The summed E-state index contributed by atoms with van der Waals surface area (Å²) in [7, 11) is 1.75. The molecule has 0 aliphatic rings. The molecule has 1 aromatic carbocycles. The fourth-order valence-corrected chi connectivity index (χ4v) is 2.85. The van der Waals surface area contributed by atoms with E-state index in [4.69, 9.17) is 4.74 Å². The van der Waals surface area contributed by atoms with Gasteiger partial charge in [0.25, 0.3) is 0 Å². The molecule has 0 aliphatic heterocycles. The highest BCUT2D eigenvalue weighted by Crippen LogP contribution is 2.25. The molecule has 0 radical (unpaired) electrons. The van der Waals surface area contributed by atoms with Crippen LogP contribution in [0.1, 0.15) is 30.8 Å². The van der Waals surface area contributed by atoms with E-state index in [2.05, 4.69) is 35.4 Å². The summed E-state index contributed by atoms with van der Waals surface area (Å²) in [5.74, 6) is 0. The minimum atomic E-state index is 0.324. The average Bonchev–Trinajstić information content (AvgIpc) is 2.82. The Balaban J connectivity index is 1.86. The standard InChI is InChI=1S/C14H20N2OS/c1-11(15-9-5-6-10-17-2)14-16-12-7-3-4-8-13(12)18-14/h3-4,7-8,11,15H,5-6,9-10H2,1-2H3. The van der Waals surface area contributed by atoms with Crippen molar-refractivity contribution in [2.75, 3.05) is 20.3 Å². The van der Waals surface area contributed by atoms with Crippen LogP contribution in [0.25, 0.3) is 10.2 Å². The molecule has 4 heteroatoms. The number of nitrogens with zero attached hydrogens (tertiary/aromatic N) is 1. The van der Waals surface area contributed by atoms with E-state index in [0.717, 1.165) is 31.5 Å². The van der Waals surface area contributed by atoms with Gasteiger partial charge < -0.3 is 10.1 Å². The Labute approximate surface area is 112 Å². The fraction of sp³-hybridized carbons (Fsp3) is 0.500. The summed E-state index contributed by atoms with van der Waals surface area (Å²) in [6.07, 6.45) is 2.25. The predicted octanol–water partition coefficient (Wildman–Crippen LogP) is 3.37. The maximum Gasteiger partial charge on any atom is 0.111 e. The van der Waals surface area contributed by atoms with E-state index in [-0.39, 0.29) is 0 Å². The van der Waals surface area contributed by atoms with Crippen LogP contribution in [0, 0.1) is 0 Å². The molecule has 2 rings (SSSR count). The second-order valence-corrected chi connectivity index (χ2v) is 5.46. The third-order valence-electron chi connectivity index (χ3n) is 2.91. The van der Waals surface area contributed by atoms with Gasteiger partial charge in [-0.05, 0) is 38.4 Å². The molecule has 18 heavy (non-hydrogen) atoms. The Morgan fingerprint density at radius 2 is 2.17 bits per heavy atom. The van der Waals surface area contributed by atoms with E-state index in [1.54, 1.807) is 18.4 Å². The molecule has 2 aromatic rings. The number of hydrogen-bond acceptors (Lipinski definition) is 4. The van der Waals surface area contributed by atoms with Crippen molar-refractivity contribution in [1.29, 1.82) is 0 Å². The topological polar surface area (TPSA) is 34.1 Å². The summed E-state index contributed by atoms with van der Waals surface area (Å²) >= 11 is 1.78. The Kier molecular flexibility index (Phi) is 5.11. The quantitative estimate of drug-likeness (QED) is 0.779. The van der Waals surface area contributed by atoms with Crippen molar-refractivity contribution < 1.29 is 4.74 Å². The van der Waals surface area contributed by atoms with Gasteiger partial charge in [0.2, 0.25) is 0 Å². The van der Waals surface area contributed by atoms with Crippen molar-refractivity contribution in [2.24, 2.45) is 0 Å². The van der Waals surface area contributed by atoms with Crippen LogP contribution >= 0.6 is 11.3 Å². The average molecular weight is 264 g/mol. The lowest BCUT2D eigenvalue weighted by Gasteiger charge is -2.10. The molecule has 1 atom stereocenters. The number of rotatable bonds is 7. The van der Waals surface area contributed by atoms with Crippen molar-refractivity contribution in [3.05, 3.63) is 29.3 Å². The molecular weight excluding hydrogens is 244 g/mol. The van der Waals surface area contributed by atoms with Crippen LogP contribution in [-0.4, -0.2) is 25.2 Å². The van der Waals surface area contributed by atoms with E-state index >= 15 is 0 Å². The lowest BCUT2D eigenvalue weighted by atomic mass is 10.3. The first kappa shape index (κ1) is 13.5. The predicted molar refractivity (Wildman–Crippen MR) is 77.1 cm³/mol. The number of aromatic nitrogens is 1. The molecule has 0 aliphatic carbocycles. The summed E-state index contributed by atoms with van der Waals surface area (Å²) in [5, 5.41) is 4.68. The van der Waals surface area contributed by atoms with Gasteiger partial charge in [-0.15, -0.1) is 11.3 Å². The number of unbranched alkanes of at least 4 members (excludes halogenated alkanes) is 1. The molecule has 1 aromatic heterocycles. The highest BCUT2D eigenvalue weighted by Gasteiger charge is 2.10. The molecule has 0 fully saturated rings. The van der Waals surface area contributed by atoms with Crippen LogP contribution < -0.4 is 5.32 Å². The Hall–Kier alpha value is -0.970. The van der Waals surface area contributed by atoms with Gasteiger partial charge in [-0.3, -0.25) is 0 Å². The molecule has 0 amide bonds. The van der Waals surface area contributed by atoms with Crippen molar-refractivity contribution >= 4 is 21.6 Å². The number of benzene rings is 1. The molecule has 98 valence electrons. The van der Waals surface area contributed by atoms with Gasteiger partial charge in [-0.1, -0.05) is 12.1 Å². The largest absolute Gasteiger partial charge is 0.385 e. The van der Waals surface area contributed by atoms with Gasteiger partial charge in [-0.2, -0.15) is 0 Å². The number of fused-ring (bicyclic) bond motifs is 1. The zero-order valence-corrected chi connectivity index (χ0v) is 11.8. The van der Waals surface area contributed by atoms with E-state index in [1.807, 2.05) is 6.07 Å². The Morgan fingerprint density at radius 1 is 1.33 bits per heavy atom. The number of hydrogen-bond donors (Lipinski definition) is 1. The number of ether oxygens (including phenoxy) is 1. The smallest absolute Gasteiger partial charge is 0.111 e. The number of para-hydroxylation sites is 1. The van der Waals surface area contributed by atoms with Crippen LogP contribution in [0.3, 0.4) is 0 Å². The Bertz CT molecular complexity index is 450. The second kappa shape index (κ2) is 6.83. The van der Waals surface area contributed by atoms with Crippen LogP contribution in [0.5, 0.6) is 0 Å². The van der Waals surface area contributed by atoms with Crippen LogP contribution in [0.2, 0.25) is 0 Å². The molecule has 0 saturated heterocycles. The highest BCUT2D eigenvalue weighted by atomic mass is 32.1. The fourth-order valence-electron chi connectivity index (χ4n) is 1.85. The van der Waals surface area contributed by atoms with Crippen LogP contribution in [-0.2, 0) is 4.74 Å². The second-order valence-electron chi connectivity index (χ2n) is 4.40. The highest BCUT2D eigenvalue weighted by molar-refractivity contribution is 7.18. The van der Waals surface area contributed by atoms with E-state index in [1.165, 1.54) is 9.71 Å². The molecule has 0 saturated carbocycles. The van der Waals surface area contributed by atoms with Crippen LogP contribution in [0.15, 0.2) is 24.3 Å². The van der Waals surface area contributed by atoms with Gasteiger partial charge in [0.15, 0.2) is 0 Å².